The molecule has 4 aromatic rings. The Kier molecular flexibility index (Phi) is 8.80. The number of carbonyl (C=O) groups is 2. The van der Waals surface area contributed by atoms with Crippen molar-refractivity contribution in [1.29, 1.82) is 0 Å². The predicted octanol–water partition coefficient (Wildman–Crippen LogP) is 7.24. The zero-order chi connectivity index (χ0) is 28.2. The summed E-state index contributed by atoms with van der Waals surface area (Å²) < 4.78 is 28.8. The number of hydrogen-bond acceptors (Lipinski definition) is 4. The van der Waals surface area contributed by atoms with Crippen LogP contribution in [0.1, 0.15) is 36.5 Å². The first kappa shape index (κ1) is 28.4. The fourth-order valence-corrected chi connectivity index (χ4v) is 6.70. The Hall–Kier alpha value is -3.59. The number of amides is 1. The second-order valence-corrected chi connectivity index (χ2v) is 11.6. The average molecular weight is 586 g/mol. The summed E-state index contributed by atoms with van der Waals surface area (Å²) in [6.45, 7) is 1.90. The molecular formula is C29H26Cl2N2O5S. The van der Waals surface area contributed by atoms with E-state index < -0.39 is 22.0 Å². The van der Waals surface area contributed by atoms with Crippen molar-refractivity contribution in [2.24, 2.45) is 0 Å². The van der Waals surface area contributed by atoms with Crippen LogP contribution in [0.3, 0.4) is 0 Å². The summed E-state index contributed by atoms with van der Waals surface area (Å²) in [5, 5.41) is 14.3. The van der Waals surface area contributed by atoms with Crippen LogP contribution in [-0.2, 0) is 14.8 Å². The lowest BCUT2D eigenvalue weighted by Crippen LogP contribution is -2.45. The van der Waals surface area contributed by atoms with Gasteiger partial charge in [0.05, 0.1) is 10.6 Å². The number of anilines is 2. The predicted molar refractivity (Wildman–Crippen MR) is 155 cm³/mol. The molecule has 0 spiro atoms. The van der Waals surface area contributed by atoms with Crippen molar-refractivity contribution >= 4 is 67.2 Å². The van der Waals surface area contributed by atoms with Crippen LogP contribution in [0, 0.1) is 0 Å². The van der Waals surface area contributed by atoms with Crippen LogP contribution in [0.5, 0.6) is 0 Å². The normalized spacial score (nSPS) is 12.2. The van der Waals surface area contributed by atoms with E-state index in [4.69, 9.17) is 23.2 Å². The SMILES string of the molecule is CCCCC(C(=O)O)N(c1ccc2c(C(=O)Nc3ccccc3)cccc2c1)S(=O)(=O)c1cc(Cl)cc(Cl)c1. The Morgan fingerprint density at radius 2 is 1.62 bits per heavy atom. The van der Waals surface area contributed by atoms with Gasteiger partial charge in [0.15, 0.2) is 0 Å². The number of carboxylic acid groups (broad SMARTS) is 1. The van der Waals surface area contributed by atoms with Crippen molar-refractivity contribution in [2.75, 3.05) is 9.62 Å². The Balaban J connectivity index is 1.84. The fraction of sp³-hybridized carbons (Fsp3) is 0.172. The van der Waals surface area contributed by atoms with Crippen molar-refractivity contribution in [3.05, 3.63) is 101 Å². The number of benzene rings is 4. The van der Waals surface area contributed by atoms with Gasteiger partial charge in [-0.3, -0.25) is 9.10 Å². The monoisotopic (exact) mass is 584 g/mol. The van der Waals surface area contributed by atoms with Crippen LogP contribution in [0.4, 0.5) is 11.4 Å². The van der Waals surface area contributed by atoms with Gasteiger partial charge in [-0.15, -0.1) is 0 Å². The highest BCUT2D eigenvalue weighted by atomic mass is 35.5. The van der Waals surface area contributed by atoms with Gasteiger partial charge in [-0.05, 0) is 65.7 Å². The lowest BCUT2D eigenvalue weighted by molar-refractivity contribution is -0.138. The minimum absolute atomic E-state index is 0.0942. The van der Waals surface area contributed by atoms with Crippen molar-refractivity contribution in [3.8, 4) is 0 Å². The standard InChI is InChI=1S/C29H26Cl2N2O5S/c1-2-3-12-27(29(35)36)33(39(37,38)24-17-20(30)16-21(31)18-24)23-13-14-25-19(15-23)8-7-11-26(25)28(34)32-22-9-5-4-6-10-22/h4-11,13-18,27H,2-3,12H2,1H3,(H,32,34)(H,35,36). The molecule has 1 atom stereocenters. The van der Waals surface area contributed by atoms with Crippen LogP contribution in [0.15, 0.2) is 89.8 Å². The number of carbonyl (C=O) groups excluding carboxylic acids is 1. The summed E-state index contributed by atoms with van der Waals surface area (Å²) in [4.78, 5) is 25.2. The van der Waals surface area contributed by atoms with Gasteiger partial charge in [-0.2, -0.15) is 0 Å². The highest BCUT2D eigenvalue weighted by Gasteiger charge is 2.36. The summed E-state index contributed by atoms with van der Waals surface area (Å²) >= 11 is 12.2. The molecule has 0 fully saturated rings. The summed E-state index contributed by atoms with van der Waals surface area (Å²) in [6.07, 6.45) is 1.27. The zero-order valence-electron chi connectivity index (χ0n) is 21.0. The molecular weight excluding hydrogens is 559 g/mol. The Bertz CT molecular complexity index is 1610. The summed E-state index contributed by atoms with van der Waals surface area (Å²) in [6, 6.07) is 21.3. The first-order chi connectivity index (χ1) is 18.6. The van der Waals surface area contributed by atoms with E-state index >= 15 is 0 Å². The van der Waals surface area contributed by atoms with E-state index in [1.807, 2.05) is 25.1 Å². The van der Waals surface area contributed by atoms with Gasteiger partial charge >= 0.3 is 5.97 Å². The van der Waals surface area contributed by atoms with Crippen LogP contribution < -0.4 is 9.62 Å². The number of nitrogens with zero attached hydrogens (tertiary/aromatic N) is 1. The average Bonchev–Trinajstić information content (AvgIpc) is 2.90. The van der Waals surface area contributed by atoms with Crippen molar-refractivity contribution in [3.63, 3.8) is 0 Å². The number of para-hydroxylation sites is 1. The molecule has 10 heteroatoms. The van der Waals surface area contributed by atoms with E-state index in [1.54, 1.807) is 42.5 Å². The van der Waals surface area contributed by atoms with E-state index in [0.29, 0.717) is 34.9 Å². The van der Waals surface area contributed by atoms with E-state index in [1.165, 1.54) is 24.3 Å². The molecule has 1 amide bonds. The molecule has 0 saturated heterocycles. The fourth-order valence-electron chi connectivity index (χ4n) is 4.34. The maximum absolute atomic E-state index is 13.9. The second kappa shape index (κ2) is 12.1. The first-order valence-electron chi connectivity index (χ1n) is 12.2. The molecule has 0 saturated carbocycles. The second-order valence-electron chi connectivity index (χ2n) is 8.93. The van der Waals surface area contributed by atoms with Gasteiger partial charge in [0, 0.05) is 21.3 Å². The summed E-state index contributed by atoms with van der Waals surface area (Å²) in [5.41, 5.74) is 1.16. The van der Waals surface area contributed by atoms with Crippen LogP contribution in [-0.4, -0.2) is 31.4 Å². The highest BCUT2D eigenvalue weighted by molar-refractivity contribution is 7.93. The van der Waals surface area contributed by atoms with Crippen LogP contribution >= 0.6 is 23.2 Å². The largest absolute Gasteiger partial charge is 0.480 e. The Morgan fingerprint density at radius 3 is 2.26 bits per heavy atom. The van der Waals surface area contributed by atoms with Crippen LogP contribution in [0.2, 0.25) is 10.0 Å². The van der Waals surface area contributed by atoms with Gasteiger partial charge in [-0.25, -0.2) is 13.2 Å². The molecule has 4 rings (SSSR count). The molecule has 1 unspecified atom stereocenters. The summed E-state index contributed by atoms with van der Waals surface area (Å²) in [7, 11) is -4.41. The first-order valence-corrected chi connectivity index (χ1v) is 14.4. The maximum Gasteiger partial charge on any atom is 0.327 e. The molecule has 0 aliphatic rings. The number of sulfonamides is 1. The van der Waals surface area contributed by atoms with Gasteiger partial charge in [-0.1, -0.05) is 79.4 Å². The topological polar surface area (TPSA) is 104 Å². The third-order valence-corrected chi connectivity index (χ3v) is 8.44. The molecule has 0 radical (unpaired) electrons. The zero-order valence-corrected chi connectivity index (χ0v) is 23.3. The Morgan fingerprint density at radius 1 is 0.923 bits per heavy atom. The third-order valence-electron chi connectivity index (χ3n) is 6.19. The van der Waals surface area contributed by atoms with Crippen LogP contribution in [0.25, 0.3) is 10.8 Å². The molecule has 0 aliphatic carbocycles. The smallest absolute Gasteiger partial charge is 0.327 e. The number of aliphatic carboxylic acids is 1. The number of unbranched alkanes of at least 4 members (excludes halogenated alkanes) is 1. The molecule has 7 nitrogen and oxygen atoms in total. The lowest BCUT2D eigenvalue weighted by atomic mass is 10.0. The number of fused-ring (bicyclic) bond motifs is 1. The maximum atomic E-state index is 13.9. The van der Waals surface area contributed by atoms with Gasteiger partial charge in [0.1, 0.15) is 6.04 Å². The number of rotatable bonds is 10. The highest BCUT2D eigenvalue weighted by Crippen LogP contribution is 2.34. The lowest BCUT2D eigenvalue weighted by Gasteiger charge is -2.30. The quantitative estimate of drug-likeness (QED) is 0.204. The number of halogens is 2. The van der Waals surface area contributed by atoms with E-state index in [-0.39, 0.29) is 33.0 Å². The third kappa shape index (κ3) is 6.36. The van der Waals surface area contributed by atoms with Crippen molar-refractivity contribution in [2.45, 2.75) is 37.1 Å². The van der Waals surface area contributed by atoms with Crippen molar-refractivity contribution in [1.82, 2.24) is 0 Å². The Labute approximate surface area is 237 Å². The summed E-state index contributed by atoms with van der Waals surface area (Å²) in [5.74, 6) is -1.61. The molecule has 2 N–H and O–H groups in total. The number of nitrogens with one attached hydrogen (secondary N) is 1. The van der Waals surface area contributed by atoms with Gasteiger partial charge < -0.3 is 10.4 Å². The molecule has 39 heavy (non-hydrogen) atoms. The van der Waals surface area contributed by atoms with E-state index in [2.05, 4.69) is 5.32 Å². The molecule has 4 aromatic carbocycles. The molecule has 0 aromatic heterocycles. The molecule has 202 valence electrons. The van der Waals surface area contributed by atoms with Gasteiger partial charge in [0.2, 0.25) is 0 Å². The molecule has 0 aliphatic heterocycles. The molecule has 0 heterocycles. The van der Waals surface area contributed by atoms with E-state index in [9.17, 15) is 23.1 Å². The minimum atomic E-state index is -4.41. The van der Waals surface area contributed by atoms with Gasteiger partial charge in [0.25, 0.3) is 15.9 Å². The number of carboxylic acids is 1. The number of hydrogen-bond donors (Lipinski definition) is 2. The van der Waals surface area contributed by atoms with Crippen molar-refractivity contribution < 1.29 is 23.1 Å². The minimum Gasteiger partial charge on any atom is -0.480 e. The van der Waals surface area contributed by atoms with E-state index in [0.717, 1.165) is 4.31 Å². The molecule has 0 bridgehead atoms.